The Hall–Kier alpha value is -2.12. The molecule has 1 rings (SSSR count). The van der Waals surface area contributed by atoms with E-state index in [2.05, 4.69) is 6.58 Å². The van der Waals surface area contributed by atoms with Crippen molar-refractivity contribution in [3.8, 4) is 5.75 Å². The number of rotatable bonds is 8. The molecule has 6 nitrogen and oxygen atoms in total. The lowest BCUT2D eigenvalue weighted by molar-refractivity contribution is -0.125. The van der Waals surface area contributed by atoms with Crippen LogP contribution in [-0.2, 0) is 14.8 Å². The molecule has 0 bridgehead atoms. The number of ether oxygens (including phenoxy) is 1. The minimum Gasteiger partial charge on any atom is -0.495 e. The lowest BCUT2D eigenvalue weighted by Gasteiger charge is -2.19. The topological polar surface area (TPSA) is 66.9 Å². The number of carbonyl (C=O) groups excluding carboxylic acids is 1. The molecule has 138 valence electrons. The summed E-state index contributed by atoms with van der Waals surface area (Å²) in [5.41, 5.74) is 1.49. The van der Waals surface area contributed by atoms with Gasteiger partial charge in [0.15, 0.2) is 0 Å². The lowest BCUT2D eigenvalue weighted by Crippen LogP contribution is -2.30. The standard InChI is InChI=1S/C18H26N2O4S/c1-7-20(13-14(2)3)18(21)11-9-15-8-10-16(24-6)17(12-15)25(22,23)19(4)5/h8-12H,2,7,13H2,1,3-6H3/b11-9+. The second-order valence-corrected chi connectivity index (χ2v) is 7.96. The molecular formula is C18H26N2O4S. The number of likely N-dealkylation sites (N-methyl/N-ethyl adjacent to an activating group) is 1. The van der Waals surface area contributed by atoms with Crippen LogP contribution in [0.1, 0.15) is 19.4 Å². The van der Waals surface area contributed by atoms with Crippen LogP contribution in [0.4, 0.5) is 0 Å². The highest BCUT2D eigenvalue weighted by atomic mass is 32.2. The van der Waals surface area contributed by atoms with E-state index in [9.17, 15) is 13.2 Å². The molecule has 0 saturated carbocycles. The van der Waals surface area contributed by atoms with Crippen LogP contribution in [0.15, 0.2) is 41.3 Å². The van der Waals surface area contributed by atoms with Gasteiger partial charge in [0, 0.05) is 33.3 Å². The first-order chi connectivity index (χ1) is 11.6. The first-order valence-corrected chi connectivity index (χ1v) is 9.29. The highest BCUT2D eigenvalue weighted by molar-refractivity contribution is 7.89. The maximum Gasteiger partial charge on any atom is 0.246 e. The molecule has 0 atom stereocenters. The number of sulfonamides is 1. The molecule has 0 radical (unpaired) electrons. The van der Waals surface area contributed by atoms with Gasteiger partial charge in [0.25, 0.3) is 0 Å². The van der Waals surface area contributed by atoms with Gasteiger partial charge in [0.1, 0.15) is 10.6 Å². The number of nitrogens with zero attached hydrogens (tertiary/aromatic N) is 2. The normalized spacial score (nSPS) is 11.8. The highest BCUT2D eigenvalue weighted by Crippen LogP contribution is 2.27. The second-order valence-electron chi connectivity index (χ2n) is 5.84. The zero-order valence-corrected chi connectivity index (χ0v) is 16.3. The Labute approximate surface area is 150 Å². The maximum absolute atomic E-state index is 12.4. The Morgan fingerprint density at radius 2 is 1.96 bits per heavy atom. The quantitative estimate of drug-likeness (QED) is 0.523. The van der Waals surface area contributed by atoms with E-state index in [0.29, 0.717) is 18.7 Å². The van der Waals surface area contributed by atoms with Crippen LogP contribution >= 0.6 is 0 Å². The van der Waals surface area contributed by atoms with E-state index in [4.69, 9.17) is 4.74 Å². The molecule has 0 aliphatic heterocycles. The Bertz CT molecular complexity index is 767. The van der Waals surface area contributed by atoms with Crippen LogP contribution in [0.25, 0.3) is 6.08 Å². The molecule has 0 spiro atoms. The predicted octanol–water partition coefficient (Wildman–Crippen LogP) is 2.38. The summed E-state index contributed by atoms with van der Waals surface area (Å²) < 4.78 is 31.1. The van der Waals surface area contributed by atoms with E-state index < -0.39 is 10.0 Å². The summed E-state index contributed by atoms with van der Waals surface area (Å²) in [6.45, 7) is 8.63. The van der Waals surface area contributed by atoms with Gasteiger partial charge in [-0.2, -0.15) is 0 Å². The van der Waals surface area contributed by atoms with Crippen molar-refractivity contribution in [1.29, 1.82) is 0 Å². The Balaban J connectivity index is 3.15. The first-order valence-electron chi connectivity index (χ1n) is 7.85. The molecule has 0 aliphatic rings. The van der Waals surface area contributed by atoms with Crippen molar-refractivity contribution < 1.29 is 17.9 Å². The molecule has 7 heteroatoms. The first kappa shape index (κ1) is 20.9. The largest absolute Gasteiger partial charge is 0.495 e. The van der Waals surface area contributed by atoms with E-state index in [-0.39, 0.29) is 16.6 Å². The molecule has 1 amide bonds. The number of methoxy groups -OCH3 is 1. The van der Waals surface area contributed by atoms with Gasteiger partial charge < -0.3 is 9.64 Å². The van der Waals surface area contributed by atoms with Crippen LogP contribution in [0.3, 0.4) is 0 Å². The number of amides is 1. The molecular weight excluding hydrogens is 340 g/mol. The minimum absolute atomic E-state index is 0.0592. The van der Waals surface area contributed by atoms with Crippen molar-refractivity contribution in [2.75, 3.05) is 34.3 Å². The third kappa shape index (κ3) is 5.44. The Kier molecular flexibility index (Phi) is 7.38. The third-order valence-corrected chi connectivity index (χ3v) is 5.36. The van der Waals surface area contributed by atoms with Gasteiger partial charge in [-0.3, -0.25) is 4.79 Å². The van der Waals surface area contributed by atoms with Crippen molar-refractivity contribution in [3.63, 3.8) is 0 Å². The van der Waals surface area contributed by atoms with Crippen molar-refractivity contribution in [1.82, 2.24) is 9.21 Å². The van der Waals surface area contributed by atoms with Crippen LogP contribution in [0, 0.1) is 0 Å². The summed E-state index contributed by atoms with van der Waals surface area (Å²) in [6.07, 6.45) is 3.03. The van der Waals surface area contributed by atoms with Crippen molar-refractivity contribution in [3.05, 3.63) is 42.0 Å². The average molecular weight is 366 g/mol. The van der Waals surface area contributed by atoms with Crippen LogP contribution < -0.4 is 4.74 Å². The van der Waals surface area contributed by atoms with Crippen molar-refractivity contribution in [2.24, 2.45) is 0 Å². The zero-order chi connectivity index (χ0) is 19.2. The number of hydrogen-bond acceptors (Lipinski definition) is 4. The summed E-state index contributed by atoms with van der Waals surface area (Å²) in [5, 5.41) is 0. The fourth-order valence-corrected chi connectivity index (χ4v) is 3.22. The van der Waals surface area contributed by atoms with Gasteiger partial charge in [-0.05, 0) is 37.6 Å². The van der Waals surface area contributed by atoms with E-state index in [1.54, 1.807) is 23.1 Å². The molecule has 0 fully saturated rings. The van der Waals surface area contributed by atoms with Gasteiger partial charge in [0.2, 0.25) is 15.9 Å². The number of benzene rings is 1. The van der Waals surface area contributed by atoms with E-state index in [1.807, 2.05) is 13.8 Å². The Morgan fingerprint density at radius 3 is 2.44 bits per heavy atom. The van der Waals surface area contributed by atoms with Crippen LogP contribution in [-0.4, -0.2) is 57.8 Å². The van der Waals surface area contributed by atoms with Gasteiger partial charge in [-0.1, -0.05) is 18.2 Å². The monoisotopic (exact) mass is 366 g/mol. The van der Waals surface area contributed by atoms with Gasteiger partial charge in [0.05, 0.1) is 7.11 Å². The molecule has 0 saturated heterocycles. The molecule has 0 aromatic heterocycles. The SMILES string of the molecule is C=C(C)CN(CC)C(=O)/C=C/c1ccc(OC)c(S(=O)(=O)N(C)C)c1. The third-order valence-electron chi connectivity index (χ3n) is 3.52. The molecule has 1 aromatic rings. The fourth-order valence-electron chi connectivity index (χ4n) is 2.14. The van der Waals surface area contributed by atoms with Crippen molar-refractivity contribution in [2.45, 2.75) is 18.7 Å². The highest BCUT2D eigenvalue weighted by Gasteiger charge is 2.22. The summed E-state index contributed by atoms with van der Waals surface area (Å²) >= 11 is 0. The fraction of sp³-hybridized carbons (Fsp3) is 0.389. The molecule has 0 N–H and O–H groups in total. The van der Waals surface area contributed by atoms with Gasteiger partial charge in [-0.25, -0.2) is 12.7 Å². The van der Waals surface area contributed by atoms with Crippen molar-refractivity contribution >= 4 is 22.0 Å². The van der Waals surface area contributed by atoms with E-state index in [0.717, 1.165) is 9.88 Å². The predicted molar refractivity (Wildman–Crippen MR) is 100.0 cm³/mol. The smallest absolute Gasteiger partial charge is 0.246 e. The maximum atomic E-state index is 12.4. The number of carbonyl (C=O) groups is 1. The molecule has 0 aliphatic carbocycles. The number of hydrogen-bond donors (Lipinski definition) is 0. The average Bonchev–Trinajstić information content (AvgIpc) is 2.56. The molecule has 1 aromatic carbocycles. The van der Waals surface area contributed by atoms with Crippen LogP contribution in [0.5, 0.6) is 5.75 Å². The lowest BCUT2D eigenvalue weighted by atomic mass is 10.2. The van der Waals surface area contributed by atoms with Crippen LogP contribution in [0.2, 0.25) is 0 Å². The van der Waals surface area contributed by atoms with E-state index in [1.165, 1.54) is 33.3 Å². The zero-order valence-electron chi connectivity index (χ0n) is 15.4. The summed E-state index contributed by atoms with van der Waals surface area (Å²) in [7, 11) is 0.678. The molecule has 25 heavy (non-hydrogen) atoms. The van der Waals surface area contributed by atoms with Gasteiger partial charge in [-0.15, -0.1) is 0 Å². The van der Waals surface area contributed by atoms with E-state index >= 15 is 0 Å². The molecule has 0 heterocycles. The summed E-state index contributed by atoms with van der Waals surface area (Å²) in [5.74, 6) is 0.105. The van der Waals surface area contributed by atoms with Gasteiger partial charge >= 0.3 is 0 Å². The summed E-state index contributed by atoms with van der Waals surface area (Å²) in [6, 6.07) is 4.77. The Morgan fingerprint density at radius 1 is 1.32 bits per heavy atom. The second kappa shape index (κ2) is 8.82. The summed E-state index contributed by atoms with van der Waals surface area (Å²) in [4.78, 5) is 14.0. The minimum atomic E-state index is -3.65. The molecule has 0 unspecified atom stereocenters.